The van der Waals surface area contributed by atoms with E-state index in [0.29, 0.717) is 6.54 Å². The van der Waals surface area contributed by atoms with E-state index in [1.165, 1.54) is 12.1 Å². The van der Waals surface area contributed by atoms with Crippen LogP contribution in [0.3, 0.4) is 0 Å². The molecule has 0 bridgehead atoms. The van der Waals surface area contributed by atoms with E-state index in [-0.39, 0.29) is 5.82 Å². The van der Waals surface area contributed by atoms with Crippen molar-refractivity contribution < 1.29 is 4.39 Å². The van der Waals surface area contributed by atoms with Gasteiger partial charge in [0.25, 0.3) is 0 Å². The van der Waals surface area contributed by atoms with Gasteiger partial charge in [0.2, 0.25) is 5.95 Å². The summed E-state index contributed by atoms with van der Waals surface area (Å²) in [6.07, 6.45) is 3.66. The average molecular weight is 231 g/mol. The lowest BCUT2D eigenvalue weighted by Crippen LogP contribution is -2.05. The van der Waals surface area contributed by atoms with Gasteiger partial charge in [-0.15, -0.1) is 6.58 Å². The van der Waals surface area contributed by atoms with Crippen LogP contribution in [0.15, 0.2) is 43.1 Å². The van der Waals surface area contributed by atoms with E-state index in [0.717, 1.165) is 17.3 Å². The molecule has 2 aromatic rings. The fraction of sp³-hybridized carbons (Fsp3) is 0.154. The number of anilines is 1. The van der Waals surface area contributed by atoms with E-state index in [1.807, 2.05) is 17.7 Å². The highest BCUT2D eigenvalue weighted by Gasteiger charge is 2.06. The summed E-state index contributed by atoms with van der Waals surface area (Å²) in [6.45, 7) is 6.20. The molecule has 0 atom stereocenters. The molecule has 2 rings (SSSR count). The van der Waals surface area contributed by atoms with Crippen molar-refractivity contribution in [3.05, 3.63) is 54.6 Å². The second kappa shape index (κ2) is 4.82. The lowest BCUT2D eigenvalue weighted by molar-refractivity contribution is 0.627. The highest BCUT2D eigenvalue weighted by atomic mass is 19.1. The minimum atomic E-state index is -0.244. The second-order valence-corrected chi connectivity index (χ2v) is 3.72. The van der Waals surface area contributed by atoms with E-state index in [2.05, 4.69) is 16.9 Å². The van der Waals surface area contributed by atoms with E-state index in [4.69, 9.17) is 0 Å². The smallest absolute Gasteiger partial charge is 0.207 e. The Balaban J connectivity index is 2.36. The second-order valence-electron chi connectivity index (χ2n) is 3.72. The quantitative estimate of drug-likeness (QED) is 0.820. The first kappa shape index (κ1) is 11.4. The summed E-state index contributed by atoms with van der Waals surface area (Å²) in [7, 11) is 0. The molecule has 0 aliphatic carbocycles. The highest BCUT2D eigenvalue weighted by molar-refractivity contribution is 5.43. The van der Waals surface area contributed by atoms with Crippen molar-refractivity contribution >= 4 is 5.95 Å². The Morgan fingerprint density at radius 2 is 2.12 bits per heavy atom. The lowest BCUT2D eigenvalue weighted by atomic mass is 10.3. The average Bonchev–Trinajstić information content (AvgIpc) is 2.69. The number of nitrogens with zero attached hydrogens (tertiary/aromatic N) is 2. The number of nitrogens with one attached hydrogen (secondary N) is 1. The third-order valence-corrected chi connectivity index (χ3v) is 2.34. The molecule has 1 aromatic carbocycles. The fourth-order valence-corrected chi connectivity index (χ4v) is 1.58. The topological polar surface area (TPSA) is 29.9 Å². The fourth-order valence-electron chi connectivity index (χ4n) is 1.58. The van der Waals surface area contributed by atoms with Gasteiger partial charge < -0.3 is 5.32 Å². The summed E-state index contributed by atoms with van der Waals surface area (Å²) < 4.78 is 14.7. The van der Waals surface area contributed by atoms with Crippen LogP contribution in [0, 0.1) is 12.7 Å². The van der Waals surface area contributed by atoms with Gasteiger partial charge in [-0.1, -0.05) is 6.08 Å². The van der Waals surface area contributed by atoms with Crippen molar-refractivity contribution in [1.29, 1.82) is 0 Å². The number of hydrogen-bond acceptors (Lipinski definition) is 2. The molecule has 17 heavy (non-hydrogen) atoms. The van der Waals surface area contributed by atoms with E-state index >= 15 is 0 Å². The van der Waals surface area contributed by atoms with Gasteiger partial charge in [-0.25, -0.2) is 9.37 Å². The summed E-state index contributed by atoms with van der Waals surface area (Å²) in [5.74, 6) is 0.486. The summed E-state index contributed by atoms with van der Waals surface area (Å²) >= 11 is 0. The van der Waals surface area contributed by atoms with Crippen LogP contribution in [0.1, 0.15) is 5.69 Å². The van der Waals surface area contributed by atoms with Crippen LogP contribution in [0.5, 0.6) is 0 Å². The molecule has 4 heteroatoms. The van der Waals surface area contributed by atoms with Crippen molar-refractivity contribution in [3.63, 3.8) is 0 Å². The molecule has 88 valence electrons. The minimum Gasteiger partial charge on any atom is -0.352 e. The molecule has 0 saturated heterocycles. The Bertz CT molecular complexity index is 514. The Hall–Kier alpha value is -2.10. The molecule has 0 unspecified atom stereocenters. The summed E-state index contributed by atoms with van der Waals surface area (Å²) in [5.41, 5.74) is 1.78. The summed E-state index contributed by atoms with van der Waals surface area (Å²) in [5, 5.41) is 3.14. The molecule has 1 aromatic heterocycles. The maximum absolute atomic E-state index is 12.9. The van der Waals surface area contributed by atoms with Crippen LogP contribution in [0.2, 0.25) is 0 Å². The maximum Gasteiger partial charge on any atom is 0.207 e. The third-order valence-electron chi connectivity index (χ3n) is 2.34. The monoisotopic (exact) mass is 231 g/mol. The molecule has 0 amide bonds. The van der Waals surface area contributed by atoms with Crippen LogP contribution in [-0.4, -0.2) is 16.1 Å². The zero-order valence-corrected chi connectivity index (χ0v) is 9.65. The molecule has 0 saturated carbocycles. The Morgan fingerprint density at radius 1 is 1.41 bits per heavy atom. The standard InChI is InChI=1S/C13H14FN3/c1-3-8-15-13-16-10(2)9-17(13)12-6-4-11(14)5-7-12/h3-7,9H,1,8H2,2H3,(H,15,16). The van der Waals surface area contributed by atoms with Gasteiger partial charge in [0.15, 0.2) is 0 Å². The van der Waals surface area contributed by atoms with E-state index in [1.54, 1.807) is 18.2 Å². The number of aromatic nitrogens is 2. The van der Waals surface area contributed by atoms with Crippen LogP contribution in [0.25, 0.3) is 5.69 Å². The van der Waals surface area contributed by atoms with Gasteiger partial charge in [0, 0.05) is 18.4 Å². The number of halogens is 1. The summed E-state index contributed by atoms with van der Waals surface area (Å²) in [4.78, 5) is 4.36. The summed E-state index contributed by atoms with van der Waals surface area (Å²) in [6, 6.07) is 6.30. The Kier molecular flexibility index (Phi) is 3.23. The van der Waals surface area contributed by atoms with Crippen molar-refractivity contribution in [1.82, 2.24) is 9.55 Å². The first-order chi connectivity index (χ1) is 8.20. The molecule has 0 radical (unpaired) electrons. The van der Waals surface area contributed by atoms with Crippen LogP contribution in [0.4, 0.5) is 10.3 Å². The zero-order valence-electron chi connectivity index (χ0n) is 9.65. The molecule has 1 N–H and O–H groups in total. The number of benzene rings is 1. The molecule has 0 aliphatic heterocycles. The first-order valence-electron chi connectivity index (χ1n) is 5.37. The first-order valence-corrected chi connectivity index (χ1v) is 5.37. The Labute approximate surface area is 99.6 Å². The number of hydrogen-bond donors (Lipinski definition) is 1. The van der Waals surface area contributed by atoms with E-state index < -0.39 is 0 Å². The van der Waals surface area contributed by atoms with Gasteiger partial charge in [0.1, 0.15) is 5.82 Å². The molecule has 1 heterocycles. The number of imidazole rings is 1. The predicted molar refractivity (Wildman–Crippen MR) is 66.9 cm³/mol. The minimum absolute atomic E-state index is 0.244. The maximum atomic E-state index is 12.9. The molecule has 0 spiro atoms. The normalized spacial score (nSPS) is 10.2. The lowest BCUT2D eigenvalue weighted by Gasteiger charge is -2.08. The van der Waals surface area contributed by atoms with Gasteiger partial charge in [-0.3, -0.25) is 4.57 Å². The third kappa shape index (κ3) is 2.53. The van der Waals surface area contributed by atoms with Crippen molar-refractivity contribution in [2.24, 2.45) is 0 Å². The van der Waals surface area contributed by atoms with Gasteiger partial charge >= 0.3 is 0 Å². The van der Waals surface area contributed by atoms with Gasteiger partial charge in [-0.2, -0.15) is 0 Å². The number of rotatable bonds is 4. The van der Waals surface area contributed by atoms with Crippen molar-refractivity contribution in [2.75, 3.05) is 11.9 Å². The molecular formula is C13H14FN3. The van der Waals surface area contributed by atoms with Crippen LogP contribution < -0.4 is 5.32 Å². The number of aryl methyl sites for hydroxylation is 1. The highest BCUT2D eigenvalue weighted by Crippen LogP contribution is 2.16. The van der Waals surface area contributed by atoms with Gasteiger partial charge in [-0.05, 0) is 31.2 Å². The van der Waals surface area contributed by atoms with Crippen molar-refractivity contribution in [3.8, 4) is 5.69 Å². The largest absolute Gasteiger partial charge is 0.352 e. The molecular weight excluding hydrogens is 217 g/mol. The Morgan fingerprint density at radius 3 is 2.76 bits per heavy atom. The molecule has 0 aliphatic rings. The molecule has 3 nitrogen and oxygen atoms in total. The SMILES string of the molecule is C=CCNc1nc(C)cn1-c1ccc(F)cc1. The van der Waals surface area contributed by atoms with Gasteiger partial charge in [0.05, 0.1) is 5.69 Å². The van der Waals surface area contributed by atoms with Crippen LogP contribution >= 0.6 is 0 Å². The van der Waals surface area contributed by atoms with Crippen molar-refractivity contribution in [2.45, 2.75) is 6.92 Å². The predicted octanol–water partition coefficient (Wildman–Crippen LogP) is 2.92. The van der Waals surface area contributed by atoms with E-state index in [9.17, 15) is 4.39 Å². The zero-order chi connectivity index (χ0) is 12.3. The molecule has 0 fully saturated rings. The van der Waals surface area contributed by atoms with Crippen LogP contribution in [-0.2, 0) is 0 Å².